The monoisotopic (exact) mass is 441 g/mol. The minimum absolute atomic E-state index is 0.116. The number of carboxylic acid groups (broad SMARTS) is 3. The Morgan fingerprint density at radius 2 is 1.52 bits per heavy atom. The van der Waals surface area contributed by atoms with Crippen molar-refractivity contribution in [3.05, 3.63) is 0 Å². The van der Waals surface area contributed by atoms with Crippen molar-refractivity contribution in [3.63, 3.8) is 0 Å². The lowest BCUT2D eigenvalue weighted by atomic mass is 10.1. The molecule has 0 aromatic rings. The Balaban J connectivity index is 5.28. The van der Waals surface area contributed by atoms with Crippen LogP contribution in [0.1, 0.15) is 45.4 Å². The molecule has 29 heavy (non-hydrogen) atoms. The molecule has 168 valence electrons. The molecule has 0 heterocycles. The third kappa shape index (κ3) is 10.8. The van der Waals surface area contributed by atoms with Gasteiger partial charge in [-0.25, -0.2) is 4.79 Å². The maximum atomic E-state index is 12.4. The predicted octanol–water partition coefficient (Wildman–Crippen LogP) is 0.0709. The summed E-state index contributed by atoms with van der Waals surface area (Å²) in [4.78, 5) is 46.4. The van der Waals surface area contributed by atoms with Crippen molar-refractivity contribution < 1.29 is 52.2 Å². The maximum Gasteiger partial charge on any atom is 0.327 e. The van der Waals surface area contributed by atoms with Gasteiger partial charge in [-0.15, -0.1) is 0 Å². The molecule has 0 rings (SSSR count). The molecule has 0 aliphatic carbocycles. The molecule has 0 spiro atoms. The number of carbonyl (C=O) groups is 4. The highest BCUT2D eigenvalue weighted by molar-refractivity contribution is 7.87. The SMILES string of the molecule is CCCCCOCCCN(C(=O)CC(C(=O)O)S(=O)(=O)O)C(CC(=O)O)C(=O)O. The molecule has 0 fully saturated rings. The van der Waals surface area contributed by atoms with Gasteiger partial charge < -0.3 is 25.0 Å². The lowest BCUT2D eigenvalue weighted by molar-refractivity contribution is -0.155. The number of hydrogen-bond donors (Lipinski definition) is 4. The highest BCUT2D eigenvalue weighted by atomic mass is 32.2. The average molecular weight is 441 g/mol. The molecule has 0 aromatic heterocycles. The Morgan fingerprint density at radius 3 is 1.97 bits per heavy atom. The molecule has 0 saturated carbocycles. The Kier molecular flexibility index (Phi) is 12.0. The predicted molar refractivity (Wildman–Crippen MR) is 97.9 cm³/mol. The lowest BCUT2D eigenvalue weighted by Crippen LogP contribution is -2.49. The normalized spacial score (nSPS) is 13.4. The van der Waals surface area contributed by atoms with E-state index in [1.54, 1.807) is 0 Å². The van der Waals surface area contributed by atoms with Crippen molar-refractivity contribution in [2.45, 2.75) is 56.7 Å². The second-order valence-electron chi connectivity index (χ2n) is 6.26. The van der Waals surface area contributed by atoms with Crippen molar-refractivity contribution in [2.24, 2.45) is 0 Å². The minimum Gasteiger partial charge on any atom is -0.481 e. The van der Waals surface area contributed by atoms with Crippen LogP contribution in [0.4, 0.5) is 0 Å². The topological polar surface area (TPSA) is 196 Å². The van der Waals surface area contributed by atoms with E-state index in [1.165, 1.54) is 0 Å². The molecule has 0 bridgehead atoms. The Labute approximate surface area is 168 Å². The molecule has 4 N–H and O–H groups in total. The van der Waals surface area contributed by atoms with Gasteiger partial charge in [-0.2, -0.15) is 8.42 Å². The van der Waals surface area contributed by atoms with Crippen LogP contribution in [-0.4, -0.2) is 88.1 Å². The summed E-state index contributed by atoms with van der Waals surface area (Å²) in [6, 6.07) is -1.84. The van der Waals surface area contributed by atoms with Gasteiger partial charge in [-0.3, -0.25) is 18.9 Å². The summed E-state index contributed by atoms with van der Waals surface area (Å²) in [5.74, 6) is -6.39. The van der Waals surface area contributed by atoms with Gasteiger partial charge >= 0.3 is 17.9 Å². The molecule has 0 aliphatic rings. The second kappa shape index (κ2) is 13.1. The maximum absolute atomic E-state index is 12.4. The van der Waals surface area contributed by atoms with Gasteiger partial charge in [0.05, 0.1) is 12.8 Å². The van der Waals surface area contributed by atoms with E-state index in [2.05, 4.69) is 0 Å². The molecule has 2 atom stereocenters. The fourth-order valence-electron chi connectivity index (χ4n) is 2.44. The highest BCUT2D eigenvalue weighted by Crippen LogP contribution is 2.14. The van der Waals surface area contributed by atoms with Crippen LogP contribution >= 0.6 is 0 Å². The van der Waals surface area contributed by atoms with Crippen LogP contribution in [0.5, 0.6) is 0 Å². The van der Waals surface area contributed by atoms with Crippen LogP contribution < -0.4 is 0 Å². The zero-order valence-corrected chi connectivity index (χ0v) is 16.8. The van der Waals surface area contributed by atoms with E-state index < -0.39 is 58.1 Å². The minimum atomic E-state index is -5.14. The summed E-state index contributed by atoms with van der Waals surface area (Å²) in [6.45, 7) is 2.29. The third-order valence-electron chi connectivity index (χ3n) is 3.92. The largest absolute Gasteiger partial charge is 0.481 e. The number of aliphatic carboxylic acids is 3. The van der Waals surface area contributed by atoms with Gasteiger partial charge in [0.15, 0.2) is 5.25 Å². The fraction of sp³-hybridized carbons (Fsp3) is 0.750. The van der Waals surface area contributed by atoms with Gasteiger partial charge in [-0.05, 0) is 12.8 Å². The Morgan fingerprint density at radius 1 is 0.931 bits per heavy atom. The molecule has 0 aromatic carbocycles. The van der Waals surface area contributed by atoms with Gasteiger partial charge in [0.1, 0.15) is 6.04 Å². The van der Waals surface area contributed by atoms with Crippen LogP contribution in [-0.2, 0) is 34.0 Å². The van der Waals surface area contributed by atoms with E-state index in [9.17, 15) is 32.7 Å². The van der Waals surface area contributed by atoms with Crippen LogP contribution in [0, 0.1) is 0 Å². The van der Waals surface area contributed by atoms with E-state index in [0.717, 1.165) is 19.3 Å². The van der Waals surface area contributed by atoms with Crippen molar-refractivity contribution in [3.8, 4) is 0 Å². The summed E-state index contributed by atoms with van der Waals surface area (Å²) < 4.78 is 36.7. The van der Waals surface area contributed by atoms with Gasteiger partial charge in [0.25, 0.3) is 10.1 Å². The van der Waals surface area contributed by atoms with E-state index in [0.29, 0.717) is 11.5 Å². The number of nitrogens with zero attached hydrogens (tertiary/aromatic N) is 1. The highest BCUT2D eigenvalue weighted by Gasteiger charge is 2.38. The number of unbranched alkanes of at least 4 members (excludes halogenated alkanes) is 2. The Bertz CT molecular complexity index is 676. The van der Waals surface area contributed by atoms with E-state index >= 15 is 0 Å². The summed E-state index contributed by atoms with van der Waals surface area (Å²) >= 11 is 0. The third-order valence-corrected chi connectivity index (χ3v) is 5.01. The van der Waals surface area contributed by atoms with Crippen LogP contribution in [0.15, 0.2) is 0 Å². The average Bonchev–Trinajstić information content (AvgIpc) is 2.58. The summed E-state index contributed by atoms with van der Waals surface area (Å²) in [5, 5.41) is 24.6. The molecule has 0 saturated heterocycles. The summed E-state index contributed by atoms with van der Waals surface area (Å²) in [5.41, 5.74) is 0. The van der Waals surface area contributed by atoms with Gasteiger partial charge in [0.2, 0.25) is 5.91 Å². The van der Waals surface area contributed by atoms with E-state index in [4.69, 9.17) is 19.5 Å². The van der Waals surface area contributed by atoms with E-state index in [1.807, 2.05) is 6.92 Å². The molecule has 13 heteroatoms. The zero-order valence-electron chi connectivity index (χ0n) is 16.0. The fourth-order valence-corrected chi connectivity index (χ4v) is 3.05. The van der Waals surface area contributed by atoms with Crippen LogP contribution in [0.3, 0.4) is 0 Å². The van der Waals surface area contributed by atoms with Crippen molar-refractivity contribution in [1.29, 1.82) is 0 Å². The number of carboxylic acids is 3. The first kappa shape index (κ1) is 26.8. The van der Waals surface area contributed by atoms with Crippen molar-refractivity contribution in [2.75, 3.05) is 19.8 Å². The number of hydrogen-bond acceptors (Lipinski definition) is 7. The summed E-state index contributed by atoms with van der Waals surface area (Å²) in [6.07, 6.45) is 0.655. The van der Waals surface area contributed by atoms with Crippen LogP contribution in [0.25, 0.3) is 0 Å². The zero-order chi connectivity index (χ0) is 22.6. The Hall–Kier alpha value is -2.25. The molecule has 2 unspecified atom stereocenters. The number of amides is 1. The first-order chi connectivity index (χ1) is 13.4. The van der Waals surface area contributed by atoms with Crippen LogP contribution in [0.2, 0.25) is 0 Å². The molecule has 1 amide bonds. The lowest BCUT2D eigenvalue weighted by Gasteiger charge is -2.29. The second-order valence-corrected chi connectivity index (χ2v) is 7.86. The number of carbonyl (C=O) groups excluding carboxylic acids is 1. The first-order valence-corrected chi connectivity index (χ1v) is 10.4. The summed E-state index contributed by atoms with van der Waals surface area (Å²) in [7, 11) is -5.14. The smallest absolute Gasteiger partial charge is 0.327 e. The molecule has 0 aliphatic heterocycles. The van der Waals surface area contributed by atoms with Gasteiger partial charge in [0, 0.05) is 19.8 Å². The van der Waals surface area contributed by atoms with E-state index in [-0.39, 0.29) is 19.6 Å². The molecule has 12 nitrogen and oxygen atoms in total. The van der Waals surface area contributed by atoms with Gasteiger partial charge in [-0.1, -0.05) is 19.8 Å². The first-order valence-electron chi connectivity index (χ1n) is 8.92. The molecular weight excluding hydrogens is 414 g/mol. The molecule has 0 radical (unpaired) electrons. The molecular formula is C16H27NO11S. The van der Waals surface area contributed by atoms with Crippen molar-refractivity contribution >= 4 is 33.9 Å². The van der Waals surface area contributed by atoms with Crippen molar-refractivity contribution in [1.82, 2.24) is 4.90 Å². The standard InChI is InChI=1S/C16H27NO11S/c1-2-3-4-7-28-8-5-6-17(11(15(21)22)9-14(19)20)13(18)10-12(16(23)24)29(25,26)27/h11-12H,2-10H2,1H3,(H,19,20)(H,21,22)(H,23,24)(H,25,26,27). The number of rotatable bonds is 16. The number of ether oxygens (including phenoxy) is 1. The quantitative estimate of drug-likeness (QED) is 0.187.